The maximum absolute atomic E-state index is 12.4. The minimum atomic E-state index is -0.516. The summed E-state index contributed by atoms with van der Waals surface area (Å²) in [5, 5.41) is 0.355. The van der Waals surface area contributed by atoms with Crippen molar-refractivity contribution in [2.75, 3.05) is 13.2 Å². The van der Waals surface area contributed by atoms with Gasteiger partial charge in [0.2, 0.25) is 0 Å². The molecule has 1 fully saturated rings. The average Bonchev–Trinajstić information content (AvgIpc) is 3.09. The highest BCUT2D eigenvalue weighted by Crippen LogP contribution is 2.29. The Morgan fingerprint density at radius 3 is 2.74 bits per heavy atom. The van der Waals surface area contributed by atoms with Gasteiger partial charge >= 0.3 is 6.09 Å². The number of likely N-dealkylation sites (tertiary alicyclic amines) is 1. The summed E-state index contributed by atoms with van der Waals surface area (Å²) in [5.74, 6) is 0.578. The maximum atomic E-state index is 12.4. The number of rotatable bonds is 4. The molecular weight excluding hydrogens is 368 g/mol. The Bertz CT molecular complexity index is 795. The zero-order chi connectivity index (χ0) is 19.4. The number of pyridine rings is 1. The third-order valence-electron chi connectivity index (χ3n) is 4.13. The lowest BCUT2D eigenvalue weighted by atomic mass is 10.1. The smallest absolute Gasteiger partial charge is 0.410 e. The predicted octanol–water partition coefficient (Wildman–Crippen LogP) is 3.97. The van der Waals surface area contributed by atoms with Crippen LogP contribution in [0.3, 0.4) is 0 Å². The van der Waals surface area contributed by atoms with Crippen LogP contribution in [0.1, 0.15) is 33.6 Å². The van der Waals surface area contributed by atoms with Crippen LogP contribution in [0.5, 0.6) is 5.75 Å². The highest BCUT2D eigenvalue weighted by Gasteiger charge is 2.32. The van der Waals surface area contributed by atoms with Gasteiger partial charge in [0.1, 0.15) is 29.4 Å². The van der Waals surface area contributed by atoms with Crippen LogP contribution in [0, 0.1) is 0 Å². The van der Waals surface area contributed by atoms with E-state index >= 15 is 0 Å². The zero-order valence-electron chi connectivity index (χ0n) is 15.7. The lowest BCUT2D eigenvalue weighted by Crippen LogP contribution is -2.42. The van der Waals surface area contributed by atoms with Gasteiger partial charge in [-0.15, -0.1) is 0 Å². The van der Waals surface area contributed by atoms with Gasteiger partial charge in [0, 0.05) is 30.1 Å². The molecule has 0 aromatic carbocycles. The van der Waals surface area contributed by atoms with E-state index in [9.17, 15) is 4.79 Å². The quantitative estimate of drug-likeness (QED) is 0.735. The van der Waals surface area contributed by atoms with Crippen molar-refractivity contribution in [1.29, 1.82) is 0 Å². The molecule has 1 aliphatic heterocycles. The third kappa shape index (κ3) is 5.07. The molecule has 0 bridgehead atoms. The molecule has 1 atom stereocenters. The van der Waals surface area contributed by atoms with Crippen molar-refractivity contribution in [3.05, 3.63) is 36.1 Å². The molecular formula is C19H23ClN4O3. The molecule has 8 heteroatoms. The number of hydrogen-bond donors (Lipinski definition) is 0. The van der Waals surface area contributed by atoms with Gasteiger partial charge in [-0.25, -0.2) is 19.7 Å². The Kier molecular flexibility index (Phi) is 5.79. The van der Waals surface area contributed by atoms with E-state index in [-0.39, 0.29) is 12.1 Å². The van der Waals surface area contributed by atoms with Gasteiger partial charge in [-0.05, 0) is 39.7 Å². The van der Waals surface area contributed by atoms with Crippen molar-refractivity contribution in [3.8, 4) is 16.9 Å². The summed E-state index contributed by atoms with van der Waals surface area (Å²) in [4.78, 5) is 26.3. The van der Waals surface area contributed by atoms with Gasteiger partial charge in [-0.1, -0.05) is 11.6 Å². The van der Waals surface area contributed by atoms with Crippen LogP contribution in [0.4, 0.5) is 4.79 Å². The Labute approximate surface area is 163 Å². The van der Waals surface area contributed by atoms with Crippen LogP contribution in [-0.4, -0.2) is 50.7 Å². The molecule has 7 nitrogen and oxygen atoms in total. The Morgan fingerprint density at radius 2 is 2.04 bits per heavy atom. The minimum Gasteiger partial charge on any atom is -0.490 e. The number of carbonyl (C=O) groups is 1. The number of hydrogen-bond acceptors (Lipinski definition) is 6. The van der Waals surface area contributed by atoms with Crippen molar-refractivity contribution < 1.29 is 14.3 Å². The van der Waals surface area contributed by atoms with Crippen molar-refractivity contribution in [1.82, 2.24) is 19.9 Å². The molecule has 0 radical (unpaired) electrons. The van der Waals surface area contributed by atoms with Crippen LogP contribution < -0.4 is 4.74 Å². The highest BCUT2D eigenvalue weighted by atomic mass is 35.5. The number of halogens is 1. The fourth-order valence-corrected chi connectivity index (χ4v) is 3.12. The summed E-state index contributed by atoms with van der Waals surface area (Å²) in [7, 11) is 0. The molecule has 0 aliphatic carbocycles. The topological polar surface area (TPSA) is 77.4 Å². The largest absolute Gasteiger partial charge is 0.490 e. The molecule has 3 heterocycles. The summed E-state index contributed by atoms with van der Waals surface area (Å²) < 4.78 is 11.4. The Hall–Kier alpha value is -2.41. The summed E-state index contributed by atoms with van der Waals surface area (Å²) in [6.07, 6.45) is 7.86. The molecule has 0 unspecified atom stereocenters. The van der Waals surface area contributed by atoms with E-state index < -0.39 is 5.60 Å². The summed E-state index contributed by atoms with van der Waals surface area (Å²) in [6.45, 7) is 6.63. The fourth-order valence-electron chi connectivity index (χ4n) is 2.91. The molecule has 0 spiro atoms. The van der Waals surface area contributed by atoms with Gasteiger partial charge in [0.25, 0.3) is 0 Å². The molecule has 0 N–H and O–H groups in total. The SMILES string of the molecule is CC(C)(C)OC(=O)N1CCC[C@@H]1COc1cnc(Cl)c(-c2cncnc2)c1. The van der Waals surface area contributed by atoms with Crippen molar-refractivity contribution >= 4 is 17.7 Å². The van der Waals surface area contributed by atoms with Gasteiger partial charge in [0.15, 0.2) is 0 Å². The van der Waals surface area contributed by atoms with E-state index in [1.165, 1.54) is 6.33 Å². The van der Waals surface area contributed by atoms with Crippen LogP contribution in [0.15, 0.2) is 31.0 Å². The monoisotopic (exact) mass is 390 g/mol. The van der Waals surface area contributed by atoms with E-state index in [2.05, 4.69) is 15.0 Å². The van der Waals surface area contributed by atoms with Gasteiger partial charge < -0.3 is 14.4 Å². The number of nitrogens with zero attached hydrogens (tertiary/aromatic N) is 4. The lowest BCUT2D eigenvalue weighted by Gasteiger charge is -2.28. The molecule has 1 saturated heterocycles. The second-order valence-corrected chi connectivity index (χ2v) is 7.78. The second kappa shape index (κ2) is 8.08. The van der Waals surface area contributed by atoms with Crippen LogP contribution in [0.25, 0.3) is 11.1 Å². The van der Waals surface area contributed by atoms with Crippen molar-refractivity contribution in [3.63, 3.8) is 0 Å². The molecule has 144 valence electrons. The molecule has 0 saturated carbocycles. The van der Waals surface area contributed by atoms with Gasteiger partial charge in [-0.3, -0.25) is 0 Å². The molecule has 27 heavy (non-hydrogen) atoms. The number of amides is 1. The lowest BCUT2D eigenvalue weighted by molar-refractivity contribution is 0.0187. The number of carbonyl (C=O) groups excluding carboxylic acids is 1. The van der Waals surface area contributed by atoms with E-state index in [0.717, 1.165) is 18.4 Å². The second-order valence-electron chi connectivity index (χ2n) is 7.42. The first-order chi connectivity index (χ1) is 12.8. The van der Waals surface area contributed by atoms with Gasteiger partial charge in [0.05, 0.1) is 12.2 Å². The standard InChI is InChI=1S/C19H23ClN4O3/c1-19(2,3)27-18(25)24-6-4-5-14(24)11-26-15-7-16(17(20)23-10-15)13-8-21-12-22-9-13/h7-10,12,14H,4-6,11H2,1-3H3/t14-/m1/s1. The first-order valence-electron chi connectivity index (χ1n) is 8.87. The van der Waals surface area contributed by atoms with E-state index in [0.29, 0.717) is 29.6 Å². The number of aromatic nitrogens is 3. The van der Waals surface area contributed by atoms with Crippen molar-refractivity contribution in [2.24, 2.45) is 0 Å². The molecule has 2 aromatic rings. The molecule has 1 amide bonds. The summed E-state index contributed by atoms with van der Waals surface area (Å²) in [5.41, 5.74) is 0.944. The maximum Gasteiger partial charge on any atom is 0.410 e. The normalized spacial score (nSPS) is 17.0. The predicted molar refractivity (Wildman–Crippen MR) is 102 cm³/mol. The van der Waals surface area contributed by atoms with Crippen molar-refractivity contribution in [2.45, 2.75) is 45.3 Å². The number of ether oxygens (including phenoxy) is 2. The third-order valence-corrected chi connectivity index (χ3v) is 4.43. The van der Waals surface area contributed by atoms with Crippen LogP contribution in [0.2, 0.25) is 5.15 Å². The minimum absolute atomic E-state index is 0.0287. The van der Waals surface area contributed by atoms with E-state index in [1.54, 1.807) is 29.6 Å². The first kappa shape index (κ1) is 19.4. The van der Waals surface area contributed by atoms with Crippen LogP contribution in [-0.2, 0) is 4.74 Å². The van der Waals surface area contributed by atoms with Crippen LogP contribution >= 0.6 is 11.6 Å². The first-order valence-corrected chi connectivity index (χ1v) is 9.24. The van der Waals surface area contributed by atoms with E-state index in [1.807, 2.05) is 20.8 Å². The Balaban J connectivity index is 1.67. The zero-order valence-corrected chi connectivity index (χ0v) is 16.4. The summed E-state index contributed by atoms with van der Waals surface area (Å²) >= 11 is 6.19. The average molecular weight is 391 g/mol. The highest BCUT2D eigenvalue weighted by molar-refractivity contribution is 6.32. The van der Waals surface area contributed by atoms with E-state index in [4.69, 9.17) is 21.1 Å². The Morgan fingerprint density at radius 1 is 1.30 bits per heavy atom. The molecule has 1 aliphatic rings. The molecule has 2 aromatic heterocycles. The molecule has 3 rings (SSSR count). The summed E-state index contributed by atoms with van der Waals surface area (Å²) in [6, 6.07) is 1.78. The van der Waals surface area contributed by atoms with Gasteiger partial charge in [-0.2, -0.15) is 0 Å². The fraction of sp³-hybridized carbons (Fsp3) is 0.474.